The minimum Gasteiger partial charge on any atom is -0.494 e. The van der Waals surface area contributed by atoms with Gasteiger partial charge in [0.25, 0.3) is 0 Å². The first-order valence-corrected chi connectivity index (χ1v) is 15.8. The monoisotopic (exact) mass is 639 g/mol. The maximum absolute atomic E-state index is 13.0. The zero-order valence-electron chi connectivity index (χ0n) is 26.4. The van der Waals surface area contributed by atoms with Crippen molar-refractivity contribution in [1.29, 1.82) is 0 Å². The van der Waals surface area contributed by atoms with Gasteiger partial charge in [-0.3, -0.25) is 4.79 Å². The molecule has 0 amide bonds. The molecule has 0 aliphatic rings. The Balaban J connectivity index is 1.10. The largest absolute Gasteiger partial charge is 0.494 e. The summed E-state index contributed by atoms with van der Waals surface area (Å²) in [7, 11) is 6.15. The maximum Gasteiger partial charge on any atom is 0.203 e. The Morgan fingerprint density at radius 1 is 0.717 bits per heavy atom. The van der Waals surface area contributed by atoms with Crippen molar-refractivity contribution >= 4 is 33.4 Å². The van der Waals surface area contributed by atoms with Crippen LogP contribution in [-0.2, 0) is 0 Å². The highest BCUT2D eigenvalue weighted by Crippen LogP contribution is 2.38. The zero-order valence-corrected chi connectivity index (χ0v) is 27.2. The van der Waals surface area contributed by atoms with Crippen LogP contribution in [0.4, 0.5) is 0 Å². The SMILES string of the molecule is COc1ccc(/C=C/C(=O)c2cc(OC)c(OC)c(OC)c2)cc1OCCCCCOc1cccc(-c2nc3ccccc3s2)c1. The summed E-state index contributed by atoms with van der Waals surface area (Å²) < 4.78 is 34.9. The lowest BCUT2D eigenvalue weighted by Gasteiger charge is -2.13. The molecule has 4 aromatic carbocycles. The lowest BCUT2D eigenvalue weighted by molar-refractivity contribution is 0.104. The van der Waals surface area contributed by atoms with Gasteiger partial charge in [-0.2, -0.15) is 0 Å². The second kappa shape index (κ2) is 15.8. The first-order valence-electron chi connectivity index (χ1n) is 14.9. The Morgan fingerprint density at radius 3 is 2.17 bits per heavy atom. The van der Waals surface area contributed by atoms with Gasteiger partial charge in [0.2, 0.25) is 5.75 Å². The van der Waals surface area contributed by atoms with Crippen LogP contribution >= 0.6 is 11.3 Å². The zero-order chi connectivity index (χ0) is 32.3. The second-order valence-corrected chi connectivity index (χ2v) is 11.3. The third kappa shape index (κ3) is 7.97. The van der Waals surface area contributed by atoms with E-state index in [1.54, 1.807) is 36.7 Å². The number of thiazole rings is 1. The van der Waals surface area contributed by atoms with E-state index in [9.17, 15) is 4.79 Å². The summed E-state index contributed by atoms with van der Waals surface area (Å²) in [6, 6.07) is 25.1. The lowest BCUT2D eigenvalue weighted by atomic mass is 10.1. The molecule has 0 spiro atoms. The summed E-state index contributed by atoms with van der Waals surface area (Å²) in [5.41, 5.74) is 3.29. The molecule has 0 saturated carbocycles. The van der Waals surface area contributed by atoms with Gasteiger partial charge in [-0.1, -0.05) is 36.4 Å². The fourth-order valence-electron chi connectivity index (χ4n) is 4.87. The topological polar surface area (TPSA) is 85.3 Å². The summed E-state index contributed by atoms with van der Waals surface area (Å²) in [5.74, 6) is 3.15. The van der Waals surface area contributed by atoms with Crippen LogP contribution in [0.3, 0.4) is 0 Å². The van der Waals surface area contributed by atoms with Gasteiger partial charge in [-0.25, -0.2) is 4.98 Å². The predicted molar refractivity (Wildman–Crippen MR) is 182 cm³/mol. The normalized spacial score (nSPS) is 11.0. The van der Waals surface area contributed by atoms with Crippen LogP contribution in [0.1, 0.15) is 35.2 Å². The highest BCUT2D eigenvalue weighted by molar-refractivity contribution is 7.21. The van der Waals surface area contributed by atoms with Gasteiger partial charge in [0, 0.05) is 11.1 Å². The average Bonchev–Trinajstić information content (AvgIpc) is 3.54. The number of methoxy groups -OCH3 is 4. The third-order valence-electron chi connectivity index (χ3n) is 7.25. The summed E-state index contributed by atoms with van der Waals surface area (Å²) in [6.07, 6.45) is 5.94. The van der Waals surface area contributed by atoms with Gasteiger partial charge in [0.15, 0.2) is 28.8 Å². The van der Waals surface area contributed by atoms with Gasteiger partial charge in [-0.15, -0.1) is 11.3 Å². The molecule has 0 aliphatic carbocycles. The number of ether oxygens (including phenoxy) is 6. The van der Waals surface area contributed by atoms with E-state index in [-0.39, 0.29) is 5.78 Å². The number of ketones is 1. The predicted octanol–water partition coefficient (Wildman–Crippen LogP) is 8.52. The molecule has 0 aliphatic heterocycles. The molecule has 5 rings (SSSR count). The van der Waals surface area contributed by atoms with Crippen LogP contribution in [-0.4, -0.2) is 52.4 Å². The molecule has 0 saturated heterocycles. The van der Waals surface area contributed by atoms with Crippen LogP contribution < -0.4 is 28.4 Å². The second-order valence-electron chi connectivity index (χ2n) is 10.3. The van der Waals surface area contributed by atoms with Crippen molar-refractivity contribution in [3.05, 3.63) is 96.1 Å². The maximum atomic E-state index is 13.0. The number of hydrogen-bond donors (Lipinski definition) is 0. The van der Waals surface area contributed by atoms with E-state index in [1.165, 1.54) is 32.1 Å². The van der Waals surface area contributed by atoms with Crippen molar-refractivity contribution in [2.45, 2.75) is 19.3 Å². The molecular formula is C37H37NO7S. The molecule has 46 heavy (non-hydrogen) atoms. The Kier molecular flexibility index (Phi) is 11.1. The number of carbonyl (C=O) groups excluding carboxylic acids is 1. The fourth-order valence-corrected chi connectivity index (χ4v) is 5.83. The minimum atomic E-state index is -0.205. The van der Waals surface area contributed by atoms with Crippen molar-refractivity contribution in [1.82, 2.24) is 4.98 Å². The van der Waals surface area contributed by atoms with Crippen LogP contribution in [0.5, 0.6) is 34.5 Å². The molecule has 8 nitrogen and oxygen atoms in total. The molecule has 0 N–H and O–H groups in total. The molecule has 0 radical (unpaired) electrons. The van der Waals surface area contributed by atoms with Crippen molar-refractivity contribution in [2.75, 3.05) is 41.7 Å². The number of carbonyl (C=O) groups is 1. The summed E-state index contributed by atoms with van der Waals surface area (Å²) >= 11 is 1.68. The Bertz CT molecular complexity index is 1760. The van der Waals surface area contributed by atoms with Gasteiger partial charge < -0.3 is 28.4 Å². The number of hydrogen-bond acceptors (Lipinski definition) is 9. The summed E-state index contributed by atoms with van der Waals surface area (Å²) in [4.78, 5) is 17.7. The molecule has 5 aromatic rings. The van der Waals surface area contributed by atoms with Gasteiger partial charge in [0.1, 0.15) is 10.8 Å². The molecular weight excluding hydrogens is 602 g/mol. The molecule has 238 valence electrons. The number of benzene rings is 4. The molecule has 9 heteroatoms. The van der Waals surface area contributed by atoms with Crippen LogP contribution in [0.15, 0.2) is 84.9 Å². The highest BCUT2D eigenvalue weighted by atomic mass is 32.1. The standard InChI is InChI=1S/C37H37NO7S/c1-40-31-18-16-25(15-17-30(39)27-23-33(41-2)36(43-4)34(24-27)42-3)21-32(31)45-20-9-5-8-19-44-28-12-10-11-26(22-28)37-38-29-13-6-7-14-35(29)46-37/h6-7,10-18,21-24H,5,8-9,19-20H2,1-4H3/b17-15+. The smallest absolute Gasteiger partial charge is 0.203 e. The quantitative estimate of drug-likeness (QED) is 0.0604. The number of nitrogens with zero attached hydrogens (tertiary/aromatic N) is 1. The van der Waals surface area contributed by atoms with Crippen LogP contribution in [0, 0.1) is 0 Å². The van der Waals surface area contributed by atoms with E-state index in [1.807, 2.05) is 54.6 Å². The first-order chi connectivity index (χ1) is 22.5. The van der Waals surface area contributed by atoms with Gasteiger partial charge in [0.05, 0.1) is 51.9 Å². The Labute approximate surface area is 273 Å². The lowest BCUT2D eigenvalue weighted by Crippen LogP contribution is -2.02. The number of aromatic nitrogens is 1. The molecule has 1 aromatic heterocycles. The van der Waals surface area contributed by atoms with E-state index >= 15 is 0 Å². The average molecular weight is 640 g/mol. The van der Waals surface area contributed by atoms with E-state index in [0.29, 0.717) is 47.5 Å². The summed E-state index contributed by atoms with van der Waals surface area (Å²) in [6.45, 7) is 1.15. The number of fused-ring (bicyclic) bond motifs is 1. The van der Waals surface area contributed by atoms with Crippen molar-refractivity contribution in [3.8, 4) is 45.1 Å². The number of rotatable bonds is 16. The number of para-hydroxylation sites is 1. The molecule has 0 atom stereocenters. The number of unbranched alkanes of at least 4 members (excludes halogenated alkanes) is 2. The van der Waals surface area contributed by atoms with Crippen molar-refractivity contribution in [3.63, 3.8) is 0 Å². The van der Waals surface area contributed by atoms with Gasteiger partial charge >= 0.3 is 0 Å². The van der Waals surface area contributed by atoms with E-state index in [4.69, 9.17) is 33.4 Å². The Morgan fingerprint density at radius 2 is 1.46 bits per heavy atom. The first kappa shape index (κ1) is 32.4. The third-order valence-corrected chi connectivity index (χ3v) is 8.34. The van der Waals surface area contributed by atoms with E-state index < -0.39 is 0 Å². The van der Waals surface area contributed by atoms with E-state index in [2.05, 4.69) is 12.1 Å². The summed E-state index contributed by atoms with van der Waals surface area (Å²) in [5, 5.41) is 0.990. The number of allylic oxidation sites excluding steroid dienone is 1. The van der Waals surface area contributed by atoms with Crippen LogP contribution in [0.25, 0.3) is 26.9 Å². The molecule has 0 unspecified atom stereocenters. The highest BCUT2D eigenvalue weighted by Gasteiger charge is 2.16. The van der Waals surface area contributed by atoms with Gasteiger partial charge in [-0.05, 0) is 79.4 Å². The molecule has 0 fully saturated rings. The van der Waals surface area contributed by atoms with Crippen molar-refractivity contribution in [2.24, 2.45) is 0 Å². The van der Waals surface area contributed by atoms with Crippen molar-refractivity contribution < 1.29 is 33.2 Å². The molecule has 0 bridgehead atoms. The Hall–Kier alpha value is -5.02. The van der Waals surface area contributed by atoms with Crippen LogP contribution in [0.2, 0.25) is 0 Å². The molecule has 1 heterocycles. The van der Waals surface area contributed by atoms with E-state index in [0.717, 1.165) is 46.7 Å². The fraction of sp³-hybridized carbons (Fsp3) is 0.243. The minimum absolute atomic E-state index is 0.205.